The number of hydrogen-bond donors (Lipinski definition) is 1. The van der Waals surface area contributed by atoms with Crippen molar-refractivity contribution in [3.05, 3.63) is 101 Å². The van der Waals surface area contributed by atoms with E-state index in [9.17, 15) is 4.79 Å². The van der Waals surface area contributed by atoms with Crippen LogP contribution in [0.4, 0.5) is 0 Å². The molecule has 0 atom stereocenters. The van der Waals surface area contributed by atoms with E-state index in [-0.39, 0.29) is 11.4 Å². The fraction of sp³-hybridized carbons (Fsp3) is 0.0800. The number of nitrogens with zero attached hydrogens (tertiary/aromatic N) is 1. The van der Waals surface area contributed by atoms with Gasteiger partial charge in [0.1, 0.15) is 12.4 Å². The number of hydrogen-bond acceptors (Lipinski definition) is 4. The predicted molar refractivity (Wildman–Crippen MR) is 132 cm³/mol. The maximum Gasteiger partial charge on any atom is 0.334 e. The van der Waals surface area contributed by atoms with Gasteiger partial charge in [-0.15, -0.1) is 0 Å². The average molecular weight is 512 g/mol. The lowest BCUT2D eigenvalue weighted by Crippen LogP contribution is -2.04. The third kappa shape index (κ3) is 6.39. The summed E-state index contributed by atoms with van der Waals surface area (Å²) in [5.41, 5.74) is 3.93. The van der Waals surface area contributed by atoms with Gasteiger partial charge in [0.05, 0.1) is 13.2 Å². The lowest BCUT2D eigenvalue weighted by molar-refractivity contribution is -0.134. The lowest BCUT2D eigenvalue weighted by atomic mass is 9.95. The molecule has 0 amide bonds. The summed E-state index contributed by atoms with van der Waals surface area (Å²) < 4.78 is 10.9. The minimum absolute atomic E-state index is 0.0342. The molecule has 0 aromatic heterocycles. The van der Waals surface area contributed by atoms with Crippen LogP contribution in [0.15, 0.2) is 83.9 Å². The zero-order chi connectivity index (χ0) is 22.9. The smallest absolute Gasteiger partial charge is 0.334 e. The van der Waals surface area contributed by atoms with E-state index in [0.717, 1.165) is 16.7 Å². The van der Waals surface area contributed by atoms with E-state index in [1.54, 1.807) is 12.3 Å². The summed E-state index contributed by atoms with van der Waals surface area (Å²) >= 11 is 9.25. The number of rotatable bonds is 7. The van der Waals surface area contributed by atoms with Gasteiger partial charge in [0.25, 0.3) is 0 Å². The molecule has 0 bridgehead atoms. The van der Waals surface area contributed by atoms with E-state index < -0.39 is 5.97 Å². The number of carbonyl (C=O) groups excluding carboxylic acids is 1. The lowest BCUT2D eigenvalue weighted by Gasteiger charge is -2.16. The Hall–Kier alpha value is -3.22. The first-order chi connectivity index (χ1) is 15.5. The molecule has 0 aliphatic heterocycles. The topological polar surface area (TPSA) is 71.7 Å². The molecule has 0 heterocycles. The van der Waals surface area contributed by atoms with Crippen molar-refractivity contribution in [1.29, 1.82) is 5.41 Å². The Kier molecular flexibility index (Phi) is 8.36. The van der Waals surface area contributed by atoms with Crippen molar-refractivity contribution in [2.24, 2.45) is 4.99 Å². The van der Waals surface area contributed by atoms with Gasteiger partial charge in [-0.05, 0) is 44.8 Å². The minimum atomic E-state index is -0.544. The Morgan fingerprint density at radius 2 is 1.84 bits per heavy atom. The number of halogens is 2. The Labute approximate surface area is 200 Å². The maximum absolute atomic E-state index is 12.1. The highest BCUT2D eigenvalue weighted by Crippen LogP contribution is 2.31. The SMILES string of the molecule is COC(=O)C=C(OCc1ccccc1)c1cccc(-c2cccc(Cl)c2)c1C=NC(=N)Br. The number of nitrogens with one attached hydrogen (secondary N) is 1. The first kappa shape index (κ1) is 23.4. The largest absolute Gasteiger partial charge is 0.488 e. The van der Waals surface area contributed by atoms with Crippen LogP contribution in [0.25, 0.3) is 16.9 Å². The zero-order valence-corrected chi connectivity index (χ0v) is 19.6. The van der Waals surface area contributed by atoms with E-state index in [4.69, 9.17) is 26.5 Å². The molecule has 0 saturated heterocycles. The van der Waals surface area contributed by atoms with Gasteiger partial charge in [0.2, 0.25) is 0 Å². The summed E-state index contributed by atoms with van der Waals surface area (Å²) in [7, 11) is 1.31. The molecule has 1 N–H and O–H groups in total. The van der Waals surface area contributed by atoms with Crippen molar-refractivity contribution in [3.63, 3.8) is 0 Å². The standard InChI is InChI=1S/C25H20BrClN2O3/c1-31-24(30)14-23(32-16-17-7-3-2-4-8-17)21-12-6-11-20(22(21)15-29-25(26)28)18-9-5-10-19(27)13-18/h2-15,28H,16H2,1H3. The molecular weight excluding hydrogens is 492 g/mol. The van der Waals surface area contributed by atoms with Crippen LogP contribution in [-0.2, 0) is 20.9 Å². The molecule has 32 heavy (non-hydrogen) atoms. The van der Waals surface area contributed by atoms with Crippen LogP contribution in [-0.4, -0.2) is 24.0 Å². The second-order valence-electron chi connectivity index (χ2n) is 6.63. The van der Waals surface area contributed by atoms with Gasteiger partial charge < -0.3 is 9.47 Å². The van der Waals surface area contributed by atoms with Crippen molar-refractivity contribution < 1.29 is 14.3 Å². The van der Waals surface area contributed by atoms with Gasteiger partial charge in [0, 0.05) is 22.4 Å². The Morgan fingerprint density at radius 3 is 2.53 bits per heavy atom. The third-order valence-corrected chi connectivity index (χ3v) is 4.94. The number of amidine groups is 1. The molecule has 0 unspecified atom stereocenters. The summed E-state index contributed by atoms with van der Waals surface area (Å²) in [6.07, 6.45) is 2.86. The van der Waals surface area contributed by atoms with E-state index in [2.05, 4.69) is 20.9 Å². The Bertz CT molecular complexity index is 1180. The Morgan fingerprint density at radius 1 is 1.09 bits per heavy atom. The zero-order valence-electron chi connectivity index (χ0n) is 17.2. The summed E-state index contributed by atoms with van der Waals surface area (Å²) in [6.45, 7) is 0.260. The van der Waals surface area contributed by atoms with Gasteiger partial charge in [0.15, 0.2) is 4.74 Å². The third-order valence-electron chi connectivity index (χ3n) is 4.50. The monoisotopic (exact) mass is 510 g/mol. The van der Waals surface area contributed by atoms with Gasteiger partial charge in [-0.2, -0.15) is 0 Å². The molecule has 3 rings (SSSR count). The molecule has 0 aliphatic rings. The van der Waals surface area contributed by atoms with Crippen molar-refractivity contribution >= 4 is 50.2 Å². The quantitative estimate of drug-likeness (QED) is 0.0984. The number of esters is 1. The van der Waals surface area contributed by atoms with Crippen molar-refractivity contribution in [2.45, 2.75) is 6.61 Å². The van der Waals surface area contributed by atoms with Crippen LogP contribution in [0.2, 0.25) is 5.02 Å². The molecular formula is C25H20BrClN2O3. The molecule has 3 aromatic rings. The van der Waals surface area contributed by atoms with Crippen LogP contribution in [0, 0.1) is 5.41 Å². The molecule has 0 spiro atoms. The second-order valence-corrected chi connectivity index (χ2v) is 7.82. The first-order valence-corrected chi connectivity index (χ1v) is 10.8. The fourth-order valence-corrected chi connectivity index (χ4v) is 3.34. The minimum Gasteiger partial charge on any atom is -0.488 e. The number of carbonyl (C=O) groups is 1. The van der Waals surface area contributed by atoms with Crippen LogP contribution in [0.1, 0.15) is 16.7 Å². The summed E-state index contributed by atoms with van der Waals surface area (Å²) in [4.78, 5) is 16.2. The molecule has 5 nitrogen and oxygen atoms in total. The van der Waals surface area contributed by atoms with Crippen LogP contribution in [0.5, 0.6) is 0 Å². The van der Waals surface area contributed by atoms with Crippen molar-refractivity contribution in [2.75, 3.05) is 7.11 Å². The van der Waals surface area contributed by atoms with Gasteiger partial charge >= 0.3 is 5.97 Å². The van der Waals surface area contributed by atoms with Crippen LogP contribution < -0.4 is 0 Å². The summed E-state index contributed by atoms with van der Waals surface area (Å²) in [6, 6.07) is 22.7. The summed E-state index contributed by atoms with van der Waals surface area (Å²) in [5, 5.41) is 8.24. The van der Waals surface area contributed by atoms with Crippen molar-refractivity contribution in [1.82, 2.24) is 0 Å². The van der Waals surface area contributed by atoms with Crippen LogP contribution in [0.3, 0.4) is 0 Å². The normalized spacial score (nSPS) is 11.4. The Balaban J connectivity index is 2.14. The van der Waals surface area contributed by atoms with Crippen LogP contribution >= 0.6 is 27.5 Å². The van der Waals surface area contributed by atoms with Gasteiger partial charge in [-0.1, -0.05) is 72.3 Å². The number of benzene rings is 3. The molecule has 0 saturated carbocycles. The van der Waals surface area contributed by atoms with Gasteiger partial charge in [-0.3, -0.25) is 5.41 Å². The molecule has 0 aliphatic carbocycles. The molecule has 0 fully saturated rings. The number of methoxy groups -OCH3 is 1. The number of aliphatic imine (C=N–C) groups is 1. The molecule has 7 heteroatoms. The highest BCUT2D eigenvalue weighted by atomic mass is 79.9. The first-order valence-electron chi connectivity index (χ1n) is 9.61. The summed E-state index contributed by atoms with van der Waals surface area (Å²) in [5.74, 6) is -0.218. The highest BCUT2D eigenvalue weighted by molar-refractivity contribution is 9.18. The van der Waals surface area contributed by atoms with Gasteiger partial charge in [-0.25, -0.2) is 9.79 Å². The van der Waals surface area contributed by atoms with E-state index in [1.807, 2.05) is 66.7 Å². The highest BCUT2D eigenvalue weighted by Gasteiger charge is 2.16. The van der Waals surface area contributed by atoms with E-state index in [1.165, 1.54) is 13.2 Å². The predicted octanol–water partition coefficient (Wildman–Crippen LogP) is 6.49. The van der Waals surface area contributed by atoms with E-state index in [0.29, 0.717) is 21.9 Å². The molecule has 162 valence electrons. The average Bonchev–Trinajstić information content (AvgIpc) is 2.80. The molecule has 0 radical (unpaired) electrons. The number of ether oxygens (including phenoxy) is 2. The second kappa shape index (κ2) is 11.4. The maximum atomic E-state index is 12.1. The fourth-order valence-electron chi connectivity index (χ4n) is 3.05. The van der Waals surface area contributed by atoms with Crippen molar-refractivity contribution in [3.8, 4) is 11.1 Å². The van der Waals surface area contributed by atoms with E-state index >= 15 is 0 Å². The molecule has 3 aromatic carbocycles.